The first-order valence-electron chi connectivity index (χ1n) is 9.56. The number of fused-ring (bicyclic) bond motifs is 1. The fourth-order valence-electron chi connectivity index (χ4n) is 4.04. The highest BCUT2D eigenvalue weighted by Crippen LogP contribution is 2.45. The topological polar surface area (TPSA) is 61.9 Å². The molecule has 2 aliphatic heterocycles. The number of rotatable bonds is 4. The molecule has 0 saturated carbocycles. The molecule has 0 bridgehead atoms. The van der Waals surface area contributed by atoms with Gasteiger partial charge in [-0.15, -0.1) is 6.58 Å². The van der Waals surface area contributed by atoms with Gasteiger partial charge in [-0.25, -0.2) is 0 Å². The Bertz CT molecular complexity index is 935. The molecule has 2 aliphatic rings. The molecular formula is C22H27N3O3S. The maximum Gasteiger partial charge on any atom is 0.265 e. The summed E-state index contributed by atoms with van der Waals surface area (Å²) in [7, 11) is 3.66. The summed E-state index contributed by atoms with van der Waals surface area (Å²) in [4.78, 5) is 28.9. The van der Waals surface area contributed by atoms with E-state index >= 15 is 0 Å². The second kappa shape index (κ2) is 7.63. The van der Waals surface area contributed by atoms with E-state index < -0.39 is 11.8 Å². The second-order valence-electron chi connectivity index (χ2n) is 8.15. The van der Waals surface area contributed by atoms with Gasteiger partial charge in [0.1, 0.15) is 11.3 Å². The number of nitrogens with zero attached hydrogens (tertiary/aromatic N) is 2. The van der Waals surface area contributed by atoms with Crippen molar-refractivity contribution in [2.75, 3.05) is 25.6 Å². The summed E-state index contributed by atoms with van der Waals surface area (Å²) in [6.07, 6.45) is 4.15. The van der Waals surface area contributed by atoms with E-state index in [1.54, 1.807) is 19.3 Å². The van der Waals surface area contributed by atoms with E-state index in [1.807, 2.05) is 12.1 Å². The molecule has 1 aromatic rings. The van der Waals surface area contributed by atoms with Crippen LogP contribution in [0.3, 0.4) is 0 Å². The highest BCUT2D eigenvalue weighted by Gasteiger charge is 2.36. The van der Waals surface area contributed by atoms with Gasteiger partial charge in [0.15, 0.2) is 5.11 Å². The van der Waals surface area contributed by atoms with Crippen LogP contribution in [0.25, 0.3) is 6.08 Å². The maximum atomic E-state index is 12.8. The molecule has 2 heterocycles. The van der Waals surface area contributed by atoms with Crippen LogP contribution in [-0.2, 0) is 9.59 Å². The molecule has 1 N–H and O–H groups in total. The number of nitrogens with one attached hydrogen (secondary N) is 1. The second-order valence-corrected chi connectivity index (χ2v) is 8.54. The van der Waals surface area contributed by atoms with E-state index in [4.69, 9.17) is 17.0 Å². The fraction of sp³-hybridized carbons (Fsp3) is 0.409. The quantitative estimate of drug-likeness (QED) is 0.355. The van der Waals surface area contributed by atoms with Gasteiger partial charge in [0.05, 0.1) is 7.11 Å². The van der Waals surface area contributed by atoms with E-state index in [0.717, 1.165) is 12.1 Å². The van der Waals surface area contributed by atoms with Gasteiger partial charge in [-0.05, 0) is 56.1 Å². The zero-order valence-electron chi connectivity index (χ0n) is 17.5. The van der Waals surface area contributed by atoms with Crippen molar-refractivity contribution in [1.29, 1.82) is 0 Å². The molecule has 3 rings (SSSR count). The molecule has 7 heteroatoms. The van der Waals surface area contributed by atoms with Crippen molar-refractivity contribution in [2.45, 2.75) is 38.6 Å². The Morgan fingerprint density at radius 3 is 2.69 bits per heavy atom. The number of hydrogen-bond donors (Lipinski definition) is 1. The zero-order chi connectivity index (χ0) is 21.5. The summed E-state index contributed by atoms with van der Waals surface area (Å²) < 4.78 is 5.60. The van der Waals surface area contributed by atoms with E-state index in [-0.39, 0.29) is 22.8 Å². The van der Waals surface area contributed by atoms with Crippen molar-refractivity contribution in [2.24, 2.45) is 0 Å². The third kappa shape index (κ3) is 3.67. The molecule has 1 unspecified atom stereocenters. The predicted octanol–water partition coefficient (Wildman–Crippen LogP) is 3.23. The first-order valence-corrected chi connectivity index (χ1v) is 9.97. The molecular weight excluding hydrogens is 386 g/mol. The van der Waals surface area contributed by atoms with Crippen LogP contribution < -0.4 is 15.0 Å². The van der Waals surface area contributed by atoms with E-state index in [2.05, 4.69) is 44.6 Å². The number of thiocarbonyl (C=S) groups is 1. The first-order chi connectivity index (χ1) is 13.6. The molecule has 6 nitrogen and oxygen atoms in total. The Hall–Kier alpha value is -2.67. The van der Waals surface area contributed by atoms with Crippen molar-refractivity contribution >= 4 is 40.9 Å². The summed E-state index contributed by atoms with van der Waals surface area (Å²) >= 11 is 5.11. The van der Waals surface area contributed by atoms with E-state index in [1.165, 1.54) is 10.5 Å². The maximum absolute atomic E-state index is 12.8. The van der Waals surface area contributed by atoms with Gasteiger partial charge in [-0.1, -0.05) is 13.0 Å². The van der Waals surface area contributed by atoms with Crippen molar-refractivity contribution < 1.29 is 14.3 Å². The molecule has 0 spiro atoms. The van der Waals surface area contributed by atoms with Crippen molar-refractivity contribution in [1.82, 2.24) is 10.2 Å². The third-order valence-corrected chi connectivity index (χ3v) is 6.10. The van der Waals surface area contributed by atoms with Crippen LogP contribution in [0.4, 0.5) is 5.69 Å². The van der Waals surface area contributed by atoms with Gasteiger partial charge in [-0.3, -0.25) is 19.8 Å². The van der Waals surface area contributed by atoms with Crippen LogP contribution >= 0.6 is 12.2 Å². The molecule has 2 amide bonds. The molecule has 1 saturated heterocycles. The summed E-state index contributed by atoms with van der Waals surface area (Å²) in [5.41, 5.74) is 3.01. The summed E-state index contributed by atoms with van der Waals surface area (Å²) in [6.45, 7) is 10.5. The number of amides is 2. The number of hydrogen-bond acceptors (Lipinski definition) is 5. The number of methoxy groups -OCH3 is 1. The van der Waals surface area contributed by atoms with Crippen LogP contribution in [0.2, 0.25) is 0 Å². The third-order valence-electron chi connectivity index (χ3n) is 5.78. The van der Waals surface area contributed by atoms with Gasteiger partial charge in [0.2, 0.25) is 0 Å². The first kappa shape index (κ1) is 21.0. The zero-order valence-corrected chi connectivity index (χ0v) is 18.4. The standard InChI is InChI=1S/C22H27N3O3S/c1-7-8-25-20(27)16(19(26)23-21(25)29)10-14-9-15-13(2)12-22(3,4)24(5)17(15)11-18(14)28-6/h7,9-11,13H,1,8,12H2,2-6H3,(H,23,26,29)/b16-10+. The molecule has 1 fully saturated rings. The van der Waals surface area contributed by atoms with Gasteiger partial charge in [0.25, 0.3) is 11.8 Å². The van der Waals surface area contributed by atoms with Crippen LogP contribution in [0.5, 0.6) is 5.75 Å². The molecule has 29 heavy (non-hydrogen) atoms. The number of carbonyl (C=O) groups is 2. The number of ether oxygens (including phenoxy) is 1. The minimum atomic E-state index is -0.508. The normalized spacial score (nSPS) is 22.4. The van der Waals surface area contributed by atoms with Gasteiger partial charge in [0, 0.05) is 36.4 Å². The monoisotopic (exact) mass is 413 g/mol. The minimum Gasteiger partial charge on any atom is -0.496 e. The average Bonchev–Trinajstić information content (AvgIpc) is 2.66. The highest BCUT2D eigenvalue weighted by molar-refractivity contribution is 7.80. The van der Waals surface area contributed by atoms with Crippen LogP contribution in [0.15, 0.2) is 30.4 Å². The molecule has 1 aromatic carbocycles. The van der Waals surface area contributed by atoms with Crippen molar-refractivity contribution in [3.05, 3.63) is 41.5 Å². The Labute approximate surface area is 177 Å². The lowest BCUT2D eigenvalue weighted by atomic mass is 9.79. The Morgan fingerprint density at radius 2 is 2.07 bits per heavy atom. The Kier molecular flexibility index (Phi) is 5.54. The summed E-state index contributed by atoms with van der Waals surface area (Å²) in [5, 5.41) is 2.66. The summed E-state index contributed by atoms with van der Waals surface area (Å²) in [6, 6.07) is 4.00. The predicted molar refractivity (Wildman–Crippen MR) is 119 cm³/mol. The molecule has 154 valence electrons. The lowest BCUT2D eigenvalue weighted by Gasteiger charge is -2.45. The van der Waals surface area contributed by atoms with Gasteiger partial charge in [-0.2, -0.15) is 0 Å². The van der Waals surface area contributed by atoms with Crippen LogP contribution in [0, 0.1) is 0 Å². The smallest absolute Gasteiger partial charge is 0.265 e. The number of anilines is 1. The Balaban J connectivity index is 2.11. The number of benzene rings is 1. The van der Waals surface area contributed by atoms with Crippen LogP contribution in [-0.4, -0.2) is 48.1 Å². The molecule has 0 aliphatic carbocycles. The fourth-order valence-corrected chi connectivity index (χ4v) is 4.30. The molecule has 0 aromatic heterocycles. The van der Waals surface area contributed by atoms with Gasteiger partial charge >= 0.3 is 0 Å². The highest BCUT2D eigenvalue weighted by atomic mass is 32.1. The minimum absolute atomic E-state index is 0.0239. The van der Waals surface area contributed by atoms with E-state index in [0.29, 0.717) is 17.2 Å². The SMILES string of the molecule is C=CCN1C(=O)/C(=C/c2cc3c(cc2OC)N(C)C(C)(C)CC3C)C(=O)NC1=S. The Morgan fingerprint density at radius 1 is 1.38 bits per heavy atom. The lowest BCUT2D eigenvalue weighted by molar-refractivity contribution is -0.128. The van der Waals surface area contributed by atoms with Crippen molar-refractivity contribution in [3.8, 4) is 5.75 Å². The lowest BCUT2D eigenvalue weighted by Crippen LogP contribution is -2.53. The molecule has 1 atom stereocenters. The number of carbonyl (C=O) groups excluding carboxylic acids is 2. The van der Waals surface area contributed by atoms with Crippen molar-refractivity contribution in [3.63, 3.8) is 0 Å². The summed E-state index contributed by atoms with van der Waals surface area (Å²) in [5.74, 6) is -0.00638. The van der Waals surface area contributed by atoms with Crippen LogP contribution in [0.1, 0.15) is 44.2 Å². The van der Waals surface area contributed by atoms with E-state index in [9.17, 15) is 9.59 Å². The molecule has 0 radical (unpaired) electrons. The largest absolute Gasteiger partial charge is 0.496 e. The average molecular weight is 414 g/mol. The van der Waals surface area contributed by atoms with Gasteiger partial charge < -0.3 is 9.64 Å².